The first-order valence-corrected chi connectivity index (χ1v) is 6.49. The molecule has 0 spiro atoms. The monoisotopic (exact) mass is 243 g/mol. The van der Waals surface area contributed by atoms with Crippen LogP contribution in [0, 0.1) is 0 Å². The molecule has 0 radical (unpaired) electrons. The summed E-state index contributed by atoms with van der Waals surface area (Å²) in [6.45, 7) is 2.12. The summed E-state index contributed by atoms with van der Waals surface area (Å²) in [6, 6.07) is 7.72. The van der Waals surface area contributed by atoms with E-state index in [4.69, 9.17) is 4.74 Å². The molecule has 0 saturated heterocycles. The van der Waals surface area contributed by atoms with Gasteiger partial charge in [0, 0.05) is 12.4 Å². The number of aromatic nitrogens is 1. The van der Waals surface area contributed by atoms with Gasteiger partial charge in [-0.05, 0) is 31.4 Å². The molecule has 0 fully saturated rings. The highest BCUT2D eigenvalue weighted by Crippen LogP contribution is 2.28. The number of fused-ring (bicyclic) bond motifs is 2. The normalized spacial score (nSPS) is 18.4. The van der Waals surface area contributed by atoms with Crippen molar-refractivity contribution in [2.45, 2.75) is 32.3 Å². The van der Waals surface area contributed by atoms with Gasteiger partial charge < -0.3 is 9.30 Å². The Hall–Kier alpha value is -1.77. The van der Waals surface area contributed by atoms with Crippen molar-refractivity contribution in [3.8, 4) is 5.88 Å². The Labute approximate surface area is 106 Å². The molecule has 1 aromatic heterocycles. The zero-order valence-electron chi connectivity index (χ0n) is 10.8. The Balaban J connectivity index is 2.31. The Kier molecular flexibility index (Phi) is 2.62. The standard InChI is InChI=1S/C15H17NO2/c1-3-10-8-9-12-14(17)11-6-4-5-7-13(11)16(2)15(12)18-10/h4-7,10H,3,8-9H2,1-2H3/t10-/m1/s1. The zero-order valence-corrected chi connectivity index (χ0v) is 10.8. The molecule has 0 unspecified atom stereocenters. The van der Waals surface area contributed by atoms with Gasteiger partial charge in [-0.2, -0.15) is 0 Å². The second-order valence-corrected chi connectivity index (χ2v) is 4.88. The van der Waals surface area contributed by atoms with Crippen LogP contribution in [0.3, 0.4) is 0 Å². The van der Waals surface area contributed by atoms with Crippen LogP contribution in [0.2, 0.25) is 0 Å². The minimum atomic E-state index is 0.133. The van der Waals surface area contributed by atoms with E-state index in [9.17, 15) is 4.79 Å². The lowest BCUT2D eigenvalue weighted by Crippen LogP contribution is -2.29. The number of pyridine rings is 1. The molecule has 1 atom stereocenters. The summed E-state index contributed by atoms with van der Waals surface area (Å²) < 4.78 is 7.97. The first-order chi connectivity index (χ1) is 8.72. The summed E-state index contributed by atoms with van der Waals surface area (Å²) in [5.41, 5.74) is 1.91. The van der Waals surface area contributed by atoms with Gasteiger partial charge in [-0.15, -0.1) is 0 Å². The predicted octanol–water partition coefficient (Wildman–Crippen LogP) is 2.64. The van der Waals surface area contributed by atoms with Gasteiger partial charge >= 0.3 is 0 Å². The van der Waals surface area contributed by atoms with Gasteiger partial charge in [0.2, 0.25) is 5.88 Å². The molecule has 0 amide bonds. The van der Waals surface area contributed by atoms with Crippen molar-refractivity contribution in [2.75, 3.05) is 0 Å². The lowest BCUT2D eigenvalue weighted by Gasteiger charge is -2.27. The highest BCUT2D eigenvalue weighted by atomic mass is 16.5. The van der Waals surface area contributed by atoms with Gasteiger partial charge in [0.05, 0.1) is 11.1 Å². The lowest BCUT2D eigenvalue weighted by molar-refractivity contribution is 0.155. The minimum Gasteiger partial charge on any atom is -0.475 e. The van der Waals surface area contributed by atoms with Gasteiger partial charge in [0.15, 0.2) is 5.43 Å². The SMILES string of the molecule is CC[C@@H]1CCc2c(n(C)c3ccccc3c2=O)O1. The van der Waals surface area contributed by atoms with Crippen LogP contribution in [0.5, 0.6) is 5.88 Å². The molecule has 1 aliphatic heterocycles. The summed E-state index contributed by atoms with van der Waals surface area (Å²) in [5.74, 6) is 0.761. The van der Waals surface area contributed by atoms with Crippen molar-refractivity contribution in [2.24, 2.45) is 7.05 Å². The van der Waals surface area contributed by atoms with E-state index in [2.05, 4.69) is 6.92 Å². The van der Waals surface area contributed by atoms with Crippen LogP contribution in [0.15, 0.2) is 29.1 Å². The Morgan fingerprint density at radius 1 is 1.39 bits per heavy atom. The third kappa shape index (κ3) is 1.54. The molecule has 0 N–H and O–H groups in total. The number of rotatable bonds is 1. The number of ether oxygens (including phenoxy) is 1. The zero-order chi connectivity index (χ0) is 12.7. The number of hydrogen-bond acceptors (Lipinski definition) is 2. The first kappa shape index (κ1) is 11.3. The average molecular weight is 243 g/mol. The van der Waals surface area contributed by atoms with Gasteiger partial charge in [-0.3, -0.25) is 4.79 Å². The van der Waals surface area contributed by atoms with Crippen molar-refractivity contribution < 1.29 is 4.74 Å². The molecule has 1 aromatic carbocycles. The highest BCUT2D eigenvalue weighted by molar-refractivity contribution is 5.80. The summed E-state index contributed by atoms with van der Waals surface area (Å²) >= 11 is 0. The molecule has 3 heteroatoms. The largest absolute Gasteiger partial charge is 0.475 e. The average Bonchev–Trinajstić information content (AvgIpc) is 2.44. The minimum absolute atomic E-state index is 0.133. The van der Waals surface area contributed by atoms with Crippen molar-refractivity contribution in [1.29, 1.82) is 0 Å². The summed E-state index contributed by atoms with van der Waals surface area (Å²) in [5, 5.41) is 0.789. The number of hydrogen-bond donors (Lipinski definition) is 0. The Morgan fingerprint density at radius 3 is 2.94 bits per heavy atom. The summed E-state index contributed by atoms with van der Waals surface area (Å²) in [4.78, 5) is 12.4. The smallest absolute Gasteiger partial charge is 0.201 e. The number of para-hydroxylation sites is 1. The summed E-state index contributed by atoms with van der Waals surface area (Å²) in [7, 11) is 1.97. The van der Waals surface area contributed by atoms with Crippen LogP contribution in [0.1, 0.15) is 25.3 Å². The van der Waals surface area contributed by atoms with E-state index in [1.165, 1.54) is 0 Å². The van der Waals surface area contributed by atoms with Crippen LogP contribution in [-0.2, 0) is 13.5 Å². The topological polar surface area (TPSA) is 31.2 Å². The molecular weight excluding hydrogens is 226 g/mol. The van der Waals surface area contributed by atoms with Gasteiger partial charge in [-0.25, -0.2) is 0 Å². The molecule has 18 heavy (non-hydrogen) atoms. The first-order valence-electron chi connectivity index (χ1n) is 6.49. The number of nitrogens with zero attached hydrogens (tertiary/aromatic N) is 1. The highest BCUT2D eigenvalue weighted by Gasteiger charge is 2.24. The van der Waals surface area contributed by atoms with E-state index in [0.717, 1.165) is 41.6 Å². The van der Waals surface area contributed by atoms with E-state index in [1.807, 2.05) is 35.9 Å². The molecule has 3 rings (SSSR count). The molecule has 2 heterocycles. The molecule has 1 aliphatic rings. The van der Waals surface area contributed by atoms with Gasteiger partial charge in [-0.1, -0.05) is 19.1 Å². The van der Waals surface area contributed by atoms with Crippen molar-refractivity contribution in [3.63, 3.8) is 0 Å². The van der Waals surface area contributed by atoms with E-state index < -0.39 is 0 Å². The van der Waals surface area contributed by atoms with Crippen LogP contribution in [0.4, 0.5) is 0 Å². The van der Waals surface area contributed by atoms with Crippen LogP contribution < -0.4 is 10.2 Å². The maximum Gasteiger partial charge on any atom is 0.201 e. The van der Waals surface area contributed by atoms with Crippen LogP contribution in [0.25, 0.3) is 10.9 Å². The van der Waals surface area contributed by atoms with E-state index in [1.54, 1.807) is 0 Å². The van der Waals surface area contributed by atoms with E-state index in [-0.39, 0.29) is 11.5 Å². The molecule has 0 saturated carbocycles. The fourth-order valence-electron chi connectivity index (χ4n) is 2.71. The van der Waals surface area contributed by atoms with E-state index >= 15 is 0 Å². The second-order valence-electron chi connectivity index (χ2n) is 4.88. The van der Waals surface area contributed by atoms with Gasteiger partial charge in [0.25, 0.3) is 0 Å². The summed E-state index contributed by atoms with van der Waals surface area (Å²) in [6.07, 6.45) is 2.99. The van der Waals surface area contributed by atoms with Crippen molar-refractivity contribution >= 4 is 10.9 Å². The Bertz CT molecular complexity index is 657. The lowest BCUT2D eigenvalue weighted by atomic mass is 10.0. The molecule has 0 bridgehead atoms. The van der Waals surface area contributed by atoms with Crippen LogP contribution >= 0.6 is 0 Å². The van der Waals surface area contributed by atoms with Crippen molar-refractivity contribution in [3.05, 3.63) is 40.1 Å². The molecule has 3 nitrogen and oxygen atoms in total. The molecular formula is C15H17NO2. The van der Waals surface area contributed by atoms with Crippen molar-refractivity contribution in [1.82, 2.24) is 4.57 Å². The van der Waals surface area contributed by atoms with E-state index in [0.29, 0.717) is 0 Å². The maximum atomic E-state index is 12.4. The quantitative estimate of drug-likeness (QED) is 0.771. The molecule has 94 valence electrons. The van der Waals surface area contributed by atoms with Gasteiger partial charge in [0.1, 0.15) is 6.10 Å². The molecule has 2 aromatic rings. The Morgan fingerprint density at radius 2 is 2.17 bits per heavy atom. The number of benzene rings is 1. The maximum absolute atomic E-state index is 12.4. The second kappa shape index (κ2) is 4.16. The number of aryl methyl sites for hydroxylation is 1. The third-order valence-electron chi connectivity index (χ3n) is 3.80. The van der Waals surface area contributed by atoms with Crippen LogP contribution in [-0.4, -0.2) is 10.7 Å². The predicted molar refractivity (Wildman–Crippen MR) is 72.2 cm³/mol. The fraction of sp³-hybridized carbons (Fsp3) is 0.400. The third-order valence-corrected chi connectivity index (χ3v) is 3.80. The fourth-order valence-corrected chi connectivity index (χ4v) is 2.71. The molecule has 0 aliphatic carbocycles.